The van der Waals surface area contributed by atoms with E-state index in [0.29, 0.717) is 5.56 Å². The highest BCUT2D eigenvalue weighted by Crippen LogP contribution is 2.18. The van der Waals surface area contributed by atoms with Crippen molar-refractivity contribution < 1.29 is 4.79 Å². The van der Waals surface area contributed by atoms with Crippen LogP contribution in [0.4, 0.5) is 5.69 Å². The van der Waals surface area contributed by atoms with E-state index in [4.69, 9.17) is 0 Å². The van der Waals surface area contributed by atoms with E-state index in [1.807, 2.05) is 24.3 Å². The lowest BCUT2D eigenvalue weighted by Crippen LogP contribution is -2.21. The first kappa shape index (κ1) is 13.6. The molecule has 1 aromatic heterocycles. The zero-order valence-corrected chi connectivity index (χ0v) is 12.3. The Kier molecular flexibility index (Phi) is 4.22. The summed E-state index contributed by atoms with van der Waals surface area (Å²) in [4.78, 5) is 14.7. The van der Waals surface area contributed by atoms with Crippen molar-refractivity contribution in [3.8, 4) is 0 Å². The number of thiophene rings is 1. The molecule has 0 bridgehead atoms. The third kappa shape index (κ3) is 3.35. The molecule has 4 heteroatoms. The van der Waals surface area contributed by atoms with E-state index in [2.05, 4.69) is 23.7 Å². The van der Waals surface area contributed by atoms with Crippen molar-refractivity contribution in [2.75, 3.05) is 19.4 Å². The second-order valence-corrected chi connectivity index (χ2v) is 5.66. The number of aryl methyl sites for hydroxylation is 1. The maximum absolute atomic E-state index is 11.8. The quantitative estimate of drug-likeness (QED) is 0.927. The summed E-state index contributed by atoms with van der Waals surface area (Å²) in [5.74, 6) is 0.0284. The van der Waals surface area contributed by atoms with Crippen molar-refractivity contribution in [1.82, 2.24) is 4.90 Å². The summed E-state index contributed by atoms with van der Waals surface area (Å²) in [5, 5.41) is 5.47. The van der Waals surface area contributed by atoms with Gasteiger partial charge in [0.15, 0.2) is 0 Å². The highest BCUT2D eigenvalue weighted by atomic mass is 32.1. The van der Waals surface area contributed by atoms with E-state index < -0.39 is 0 Å². The lowest BCUT2D eigenvalue weighted by Gasteiger charge is -2.11. The summed E-state index contributed by atoms with van der Waals surface area (Å²) >= 11 is 1.76. The molecule has 19 heavy (non-hydrogen) atoms. The molecule has 2 rings (SSSR count). The number of hydrogen-bond acceptors (Lipinski definition) is 3. The van der Waals surface area contributed by atoms with Crippen LogP contribution in [-0.2, 0) is 6.54 Å². The molecule has 0 unspecified atom stereocenters. The molecule has 0 atom stereocenters. The van der Waals surface area contributed by atoms with Crippen LogP contribution in [-0.4, -0.2) is 24.9 Å². The van der Waals surface area contributed by atoms with Crippen molar-refractivity contribution in [3.05, 3.63) is 51.7 Å². The number of hydrogen-bond donors (Lipinski definition) is 1. The number of benzene rings is 1. The molecule has 0 saturated heterocycles. The minimum absolute atomic E-state index is 0.0284. The van der Waals surface area contributed by atoms with Gasteiger partial charge in [0.1, 0.15) is 0 Å². The molecule has 1 amide bonds. The first-order chi connectivity index (χ1) is 9.08. The summed E-state index contributed by atoms with van der Waals surface area (Å²) in [7, 11) is 3.52. The number of nitrogens with zero attached hydrogens (tertiary/aromatic N) is 1. The first-order valence-corrected chi connectivity index (χ1v) is 7.04. The Morgan fingerprint density at radius 1 is 1.21 bits per heavy atom. The average molecular weight is 274 g/mol. The number of rotatable bonds is 4. The standard InChI is InChI=1S/C15H18N2OS/c1-11-8-9-19-14(11)10-16-13-6-4-12(5-7-13)15(18)17(2)3/h4-9,16H,10H2,1-3H3. The predicted molar refractivity (Wildman–Crippen MR) is 80.8 cm³/mol. The summed E-state index contributed by atoms with van der Waals surface area (Å²) in [6.07, 6.45) is 0. The van der Waals surface area contributed by atoms with Crippen LogP contribution in [0, 0.1) is 6.92 Å². The summed E-state index contributed by atoms with van der Waals surface area (Å²) in [5.41, 5.74) is 3.06. The molecule has 0 radical (unpaired) electrons. The molecule has 0 aliphatic carbocycles. The Morgan fingerprint density at radius 2 is 1.89 bits per heavy atom. The minimum Gasteiger partial charge on any atom is -0.380 e. The highest BCUT2D eigenvalue weighted by Gasteiger charge is 2.07. The van der Waals surface area contributed by atoms with E-state index in [1.54, 1.807) is 30.3 Å². The van der Waals surface area contributed by atoms with E-state index in [-0.39, 0.29) is 5.91 Å². The second-order valence-electron chi connectivity index (χ2n) is 4.66. The van der Waals surface area contributed by atoms with Crippen LogP contribution in [0.25, 0.3) is 0 Å². The maximum Gasteiger partial charge on any atom is 0.253 e. The van der Waals surface area contributed by atoms with E-state index in [9.17, 15) is 4.79 Å². The lowest BCUT2D eigenvalue weighted by molar-refractivity contribution is 0.0827. The second kappa shape index (κ2) is 5.89. The Hall–Kier alpha value is -1.81. The Morgan fingerprint density at radius 3 is 2.42 bits per heavy atom. The molecule has 0 spiro atoms. The third-order valence-electron chi connectivity index (χ3n) is 2.96. The van der Waals surface area contributed by atoms with Crippen LogP contribution < -0.4 is 5.32 Å². The Labute approximate surface area is 117 Å². The van der Waals surface area contributed by atoms with Gasteiger partial charge >= 0.3 is 0 Å². The van der Waals surface area contributed by atoms with E-state index >= 15 is 0 Å². The van der Waals surface area contributed by atoms with Gasteiger partial charge < -0.3 is 10.2 Å². The molecule has 0 fully saturated rings. The van der Waals surface area contributed by atoms with Gasteiger partial charge in [-0.15, -0.1) is 11.3 Å². The molecule has 3 nitrogen and oxygen atoms in total. The smallest absolute Gasteiger partial charge is 0.253 e. The molecular formula is C15H18N2OS. The molecule has 0 aliphatic rings. The van der Waals surface area contributed by atoms with Crippen molar-refractivity contribution in [2.24, 2.45) is 0 Å². The Bertz CT molecular complexity index is 558. The van der Waals surface area contributed by atoms with Gasteiger partial charge in [-0.2, -0.15) is 0 Å². The fourth-order valence-corrected chi connectivity index (χ4v) is 2.60. The van der Waals surface area contributed by atoms with Gasteiger partial charge in [-0.25, -0.2) is 0 Å². The van der Waals surface area contributed by atoms with Gasteiger partial charge in [0.2, 0.25) is 0 Å². The molecule has 2 aromatic rings. The van der Waals surface area contributed by atoms with Crippen LogP contribution >= 0.6 is 11.3 Å². The first-order valence-electron chi connectivity index (χ1n) is 6.16. The molecule has 100 valence electrons. The molecular weight excluding hydrogens is 256 g/mol. The van der Waals surface area contributed by atoms with Crippen LogP contribution in [0.15, 0.2) is 35.7 Å². The van der Waals surface area contributed by atoms with Gasteiger partial charge in [0.25, 0.3) is 5.91 Å². The summed E-state index contributed by atoms with van der Waals surface area (Å²) in [6, 6.07) is 9.72. The minimum atomic E-state index is 0.0284. The largest absolute Gasteiger partial charge is 0.380 e. The number of carbonyl (C=O) groups excluding carboxylic acids is 1. The van der Waals surface area contributed by atoms with Gasteiger partial charge in [0, 0.05) is 36.8 Å². The van der Waals surface area contributed by atoms with Gasteiger partial charge in [-0.05, 0) is 48.2 Å². The number of nitrogens with one attached hydrogen (secondary N) is 1. The third-order valence-corrected chi connectivity index (χ3v) is 3.98. The van der Waals surface area contributed by atoms with Crippen LogP contribution in [0.3, 0.4) is 0 Å². The van der Waals surface area contributed by atoms with Crippen molar-refractivity contribution in [1.29, 1.82) is 0 Å². The number of amides is 1. The summed E-state index contributed by atoms with van der Waals surface area (Å²) < 4.78 is 0. The zero-order valence-electron chi connectivity index (χ0n) is 11.4. The van der Waals surface area contributed by atoms with Gasteiger partial charge in [0.05, 0.1) is 0 Å². The van der Waals surface area contributed by atoms with Crippen molar-refractivity contribution in [2.45, 2.75) is 13.5 Å². The molecule has 1 aromatic carbocycles. The number of carbonyl (C=O) groups is 1. The topological polar surface area (TPSA) is 32.3 Å². The lowest BCUT2D eigenvalue weighted by atomic mass is 10.2. The van der Waals surface area contributed by atoms with Crippen molar-refractivity contribution in [3.63, 3.8) is 0 Å². The zero-order chi connectivity index (χ0) is 13.8. The van der Waals surface area contributed by atoms with Crippen LogP contribution in [0.1, 0.15) is 20.8 Å². The van der Waals surface area contributed by atoms with Gasteiger partial charge in [-0.1, -0.05) is 0 Å². The van der Waals surface area contributed by atoms with E-state index in [0.717, 1.165) is 12.2 Å². The SMILES string of the molecule is Cc1ccsc1CNc1ccc(C(=O)N(C)C)cc1. The fourth-order valence-electron chi connectivity index (χ4n) is 1.76. The molecule has 1 heterocycles. The maximum atomic E-state index is 11.8. The average Bonchev–Trinajstić information content (AvgIpc) is 2.81. The Balaban J connectivity index is 1.99. The highest BCUT2D eigenvalue weighted by molar-refractivity contribution is 7.10. The number of anilines is 1. The molecule has 0 aliphatic heterocycles. The molecule has 0 saturated carbocycles. The van der Waals surface area contributed by atoms with Gasteiger partial charge in [-0.3, -0.25) is 4.79 Å². The summed E-state index contributed by atoms with van der Waals surface area (Å²) in [6.45, 7) is 2.94. The van der Waals surface area contributed by atoms with Crippen molar-refractivity contribution >= 4 is 22.9 Å². The predicted octanol–water partition coefficient (Wildman–Crippen LogP) is 3.37. The van der Waals surface area contributed by atoms with Crippen LogP contribution in [0.2, 0.25) is 0 Å². The van der Waals surface area contributed by atoms with E-state index in [1.165, 1.54) is 10.4 Å². The molecule has 1 N–H and O–H groups in total. The fraction of sp³-hybridized carbons (Fsp3) is 0.267. The normalized spacial score (nSPS) is 10.3. The van der Waals surface area contributed by atoms with Crippen LogP contribution in [0.5, 0.6) is 0 Å². The monoisotopic (exact) mass is 274 g/mol.